The molecule has 76 valence electrons. The lowest BCUT2D eigenvalue weighted by molar-refractivity contribution is 0.322. The van der Waals surface area contributed by atoms with Crippen LogP contribution in [0.1, 0.15) is 18.1 Å². The molecule has 1 N–H and O–H groups in total. The van der Waals surface area contributed by atoms with Crippen LogP contribution >= 0.6 is 0 Å². The van der Waals surface area contributed by atoms with Crippen molar-refractivity contribution in [3.05, 3.63) is 29.3 Å². The largest absolute Gasteiger partial charge is 0.411 e. The monoisotopic (exact) mass is 211 g/mol. The summed E-state index contributed by atoms with van der Waals surface area (Å²) >= 11 is 0. The van der Waals surface area contributed by atoms with Crippen LogP contribution in [0.15, 0.2) is 28.3 Å². The van der Waals surface area contributed by atoms with Gasteiger partial charge in [0.05, 0.1) is 17.0 Å². The average Bonchev–Trinajstić information content (AvgIpc) is 2.20. The van der Waals surface area contributed by atoms with Crippen LogP contribution < -0.4 is 0 Å². The summed E-state index contributed by atoms with van der Waals surface area (Å²) in [5.74, 6) is 0.598. The van der Waals surface area contributed by atoms with Crippen molar-refractivity contribution in [1.29, 1.82) is 0 Å². The minimum absolute atomic E-state index is 0.598. The van der Waals surface area contributed by atoms with Gasteiger partial charge in [0.25, 0.3) is 0 Å². The fraction of sp³-hybridized carbons (Fsp3) is 0.300. The van der Waals surface area contributed by atoms with Crippen molar-refractivity contribution < 1.29 is 9.42 Å². The van der Waals surface area contributed by atoms with E-state index < -0.39 is 10.8 Å². The molecule has 1 atom stereocenters. The van der Waals surface area contributed by atoms with E-state index >= 15 is 0 Å². The summed E-state index contributed by atoms with van der Waals surface area (Å²) in [5.41, 5.74) is 1.76. The van der Waals surface area contributed by atoms with Crippen LogP contribution in [-0.2, 0) is 10.8 Å². The van der Waals surface area contributed by atoms with Gasteiger partial charge in [-0.15, -0.1) is 0 Å². The Morgan fingerprint density at radius 2 is 2.29 bits per heavy atom. The van der Waals surface area contributed by atoms with E-state index in [1.165, 1.54) is 6.21 Å². The topological polar surface area (TPSA) is 49.7 Å². The van der Waals surface area contributed by atoms with Crippen molar-refractivity contribution in [2.45, 2.75) is 18.7 Å². The number of aryl methyl sites for hydroxylation is 1. The molecule has 0 saturated heterocycles. The van der Waals surface area contributed by atoms with Crippen LogP contribution in [0, 0.1) is 6.92 Å². The summed E-state index contributed by atoms with van der Waals surface area (Å²) in [6.07, 6.45) is 1.33. The molecule has 0 amide bonds. The van der Waals surface area contributed by atoms with Gasteiger partial charge in [-0.3, -0.25) is 4.21 Å². The molecule has 0 radical (unpaired) electrons. The van der Waals surface area contributed by atoms with E-state index in [2.05, 4.69) is 5.16 Å². The third-order valence-corrected chi connectivity index (χ3v) is 3.38. The van der Waals surface area contributed by atoms with Gasteiger partial charge in [-0.2, -0.15) is 0 Å². The fourth-order valence-electron chi connectivity index (χ4n) is 1.16. The molecule has 1 rings (SSSR count). The van der Waals surface area contributed by atoms with Gasteiger partial charge in [0.15, 0.2) is 0 Å². The maximum absolute atomic E-state index is 11.6. The highest BCUT2D eigenvalue weighted by Crippen LogP contribution is 2.14. The maximum Gasteiger partial charge on any atom is 0.0734 e. The number of hydrogen-bond donors (Lipinski definition) is 1. The molecular weight excluding hydrogens is 198 g/mol. The van der Waals surface area contributed by atoms with Gasteiger partial charge in [0, 0.05) is 10.6 Å². The zero-order valence-electron chi connectivity index (χ0n) is 8.23. The molecule has 0 spiro atoms. The molecule has 0 saturated carbocycles. The molecule has 4 heteroatoms. The highest BCUT2D eigenvalue weighted by molar-refractivity contribution is 7.85. The zero-order valence-corrected chi connectivity index (χ0v) is 9.04. The van der Waals surface area contributed by atoms with Gasteiger partial charge in [-0.05, 0) is 24.1 Å². The Hall–Kier alpha value is -1.16. The van der Waals surface area contributed by atoms with Gasteiger partial charge < -0.3 is 5.21 Å². The summed E-state index contributed by atoms with van der Waals surface area (Å²) in [6.45, 7) is 3.80. The second-order valence-corrected chi connectivity index (χ2v) is 4.61. The van der Waals surface area contributed by atoms with E-state index in [0.29, 0.717) is 5.75 Å². The van der Waals surface area contributed by atoms with Crippen molar-refractivity contribution >= 4 is 17.0 Å². The number of nitrogens with zero attached hydrogens (tertiary/aromatic N) is 1. The summed E-state index contributed by atoms with van der Waals surface area (Å²) in [6, 6.07) is 5.49. The Kier molecular flexibility index (Phi) is 3.83. The van der Waals surface area contributed by atoms with Gasteiger partial charge in [0.1, 0.15) is 0 Å². The first-order chi connectivity index (χ1) is 6.69. The lowest BCUT2D eigenvalue weighted by Gasteiger charge is -2.04. The molecular formula is C10H13NO2S. The van der Waals surface area contributed by atoms with Crippen LogP contribution in [-0.4, -0.2) is 21.4 Å². The number of rotatable bonds is 3. The quantitative estimate of drug-likeness (QED) is 0.472. The molecule has 0 heterocycles. The van der Waals surface area contributed by atoms with E-state index in [4.69, 9.17) is 5.21 Å². The zero-order chi connectivity index (χ0) is 10.6. The Labute approximate surface area is 85.9 Å². The van der Waals surface area contributed by atoms with Crippen molar-refractivity contribution in [2.24, 2.45) is 5.16 Å². The lowest BCUT2D eigenvalue weighted by Crippen LogP contribution is -1.98. The van der Waals surface area contributed by atoms with Gasteiger partial charge in [-0.1, -0.05) is 24.2 Å². The Balaban J connectivity index is 3.14. The highest BCUT2D eigenvalue weighted by Gasteiger charge is 2.05. The van der Waals surface area contributed by atoms with E-state index in [1.807, 2.05) is 26.0 Å². The standard InChI is InChI=1S/C10H13NO2S/c1-3-14(13)10-6-9(7-11-12)5-4-8(10)2/h4-7,12H,3H2,1-2H3/b11-7+. The van der Waals surface area contributed by atoms with Crippen LogP contribution in [0.5, 0.6) is 0 Å². The third kappa shape index (κ3) is 2.42. The van der Waals surface area contributed by atoms with Gasteiger partial charge in [-0.25, -0.2) is 0 Å². The Bertz CT molecular complexity index is 374. The van der Waals surface area contributed by atoms with Crippen LogP contribution in [0.4, 0.5) is 0 Å². The first kappa shape index (κ1) is 10.9. The minimum Gasteiger partial charge on any atom is -0.411 e. The van der Waals surface area contributed by atoms with E-state index in [-0.39, 0.29) is 0 Å². The molecule has 0 aliphatic heterocycles. The minimum atomic E-state index is -0.959. The smallest absolute Gasteiger partial charge is 0.0734 e. The molecule has 1 aromatic carbocycles. The molecule has 1 unspecified atom stereocenters. The second kappa shape index (κ2) is 4.91. The normalized spacial score (nSPS) is 13.3. The molecule has 14 heavy (non-hydrogen) atoms. The van der Waals surface area contributed by atoms with Crippen molar-refractivity contribution in [3.63, 3.8) is 0 Å². The number of hydrogen-bond acceptors (Lipinski definition) is 3. The Morgan fingerprint density at radius 1 is 1.57 bits per heavy atom. The molecule has 1 aromatic rings. The second-order valence-electron chi connectivity index (χ2n) is 2.90. The summed E-state index contributed by atoms with van der Waals surface area (Å²) in [7, 11) is -0.959. The number of oxime groups is 1. The predicted octanol–water partition coefficient (Wildman–Crippen LogP) is 1.93. The van der Waals surface area contributed by atoms with E-state index in [0.717, 1.165) is 16.0 Å². The van der Waals surface area contributed by atoms with Crippen molar-refractivity contribution in [1.82, 2.24) is 0 Å². The lowest BCUT2D eigenvalue weighted by atomic mass is 10.2. The SMILES string of the molecule is CCS(=O)c1cc(/C=N/O)ccc1C. The highest BCUT2D eigenvalue weighted by atomic mass is 32.2. The molecule has 0 fully saturated rings. The van der Waals surface area contributed by atoms with Crippen LogP contribution in [0.25, 0.3) is 0 Å². The third-order valence-electron chi connectivity index (χ3n) is 1.93. The average molecular weight is 211 g/mol. The van der Waals surface area contributed by atoms with E-state index in [9.17, 15) is 4.21 Å². The van der Waals surface area contributed by atoms with Crippen molar-refractivity contribution in [3.8, 4) is 0 Å². The molecule has 0 aliphatic rings. The predicted molar refractivity (Wildman–Crippen MR) is 57.5 cm³/mol. The molecule has 3 nitrogen and oxygen atoms in total. The Morgan fingerprint density at radius 3 is 2.86 bits per heavy atom. The van der Waals surface area contributed by atoms with Gasteiger partial charge >= 0.3 is 0 Å². The first-order valence-electron chi connectivity index (χ1n) is 4.35. The summed E-state index contributed by atoms with van der Waals surface area (Å²) in [4.78, 5) is 0.810. The van der Waals surface area contributed by atoms with Crippen LogP contribution in [0.2, 0.25) is 0 Å². The van der Waals surface area contributed by atoms with Crippen LogP contribution in [0.3, 0.4) is 0 Å². The number of benzene rings is 1. The van der Waals surface area contributed by atoms with Gasteiger partial charge in [0.2, 0.25) is 0 Å². The maximum atomic E-state index is 11.6. The molecule has 0 aromatic heterocycles. The van der Waals surface area contributed by atoms with Crippen molar-refractivity contribution in [2.75, 3.05) is 5.75 Å². The first-order valence-corrected chi connectivity index (χ1v) is 5.67. The summed E-state index contributed by atoms with van der Waals surface area (Å²) in [5, 5.41) is 11.3. The molecule has 0 bridgehead atoms. The van der Waals surface area contributed by atoms with E-state index in [1.54, 1.807) is 6.07 Å². The fourth-order valence-corrected chi connectivity index (χ4v) is 2.17. The molecule has 0 aliphatic carbocycles. The summed E-state index contributed by atoms with van der Waals surface area (Å²) < 4.78 is 11.6.